The van der Waals surface area contributed by atoms with Crippen molar-refractivity contribution in [3.8, 4) is 0 Å². The molecule has 1 aromatic rings. The number of hydrogen-bond acceptors (Lipinski definition) is 4. The molecular formula is C15H23N3O2. The molecule has 0 bridgehead atoms. The second-order valence-corrected chi connectivity index (χ2v) is 5.09. The lowest BCUT2D eigenvalue weighted by atomic mass is 10.1. The van der Waals surface area contributed by atoms with Crippen LogP contribution in [0.15, 0.2) is 18.3 Å². The Morgan fingerprint density at radius 3 is 2.80 bits per heavy atom. The van der Waals surface area contributed by atoms with E-state index < -0.39 is 0 Å². The number of piperidine rings is 1. The average Bonchev–Trinajstić information content (AvgIpc) is 2.52. The first-order valence-corrected chi connectivity index (χ1v) is 7.25. The highest BCUT2D eigenvalue weighted by Gasteiger charge is 2.11. The molecule has 20 heavy (non-hydrogen) atoms. The van der Waals surface area contributed by atoms with Gasteiger partial charge in [-0.1, -0.05) is 6.07 Å². The molecule has 0 radical (unpaired) electrons. The van der Waals surface area contributed by atoms with Crippen molar-refractivity contribution in [2.45, 2.75) is 32.2 Å². The number of rotatable bonds is 6. The predicted molar refractivity (Wildman–Crippen MR) is 78.6 cm³/mol. The summed E-state index contributed by atoms with van der Waals surface area (Å²) in [5, 5.41) is 2.86. The van der Waals surface area contributed by atoms with Gasteiger partial charge in [0.2, 0.25) is 5.91 Å². The molecule has 1 saturated heterocycles. The van der Waals surface area contributed by atoms with Crippen LogP contribution in [0.1, 0.15) is 31.2 Å². The van der Waals surface area contributed by atoms with Crippen LogP contribution in [0.3, 0.4) is 0 Å². The number of pyridine rings is 1. The number of ether oxygens (including phenoxy) is 1. The van der Waals surface area contributed by atoms with Gasteiger partial charge in [-0.25, -0.2) is 4.98 Å². The molecule has 1 aromatic heterocycles. The summed E-state index contributed by atoms with van der Waals surface area (Å²) in [5.41, 5.74) is 1.02. The minimum Gasteiger partial charge on any atom is -0.384 e. The molecule has 5 nitrogen and oxygen atoms in total. The molecule has 0 aromatic carbocycles. The average molecular weight is 277 g/mol. The normalized spacial score (nSPS) is 15.2. The highest BCUT2D eigenvalue weighted by Crippen LogP contribution is 2.17. The van der Waals surface area contributed by atoms with Crippen molar-refractivity contribution in [3.63, 3.8) is 0 Å². The molecule has 0 saturated carbocycles. The molecular weight excluding hydrogens is 254 g/mol. The van der Waals surface area contributed by atoms with Crippen molar-refractivity contribution in [2.24, 2.45) is 0 Å². The fourth-order valence-corrected chi connectivity index (χ4v) is 2.32. The molecule has 110 valence electrons. The highest BCUT2D eigenvalue weighted by atomic mass is 16.5. The number of nitrogens with one attached hydrogen (secondary N) is 1. The molecule has 1 aliphatic rings. The second kappa shape index (κ2) is 7.85. The van der Waals surface area contributed by atoms with Crippen LogP contribution < -0.4 is 10.2 Å². The summed E-state index contributed by atoms with van der Waals surface area (Å²) in [6.45, 7) is 3.17. The third-order valence-electron chi connectivity index (χ3n) is 3.51. The number of carbonyl (C=O) groups is 1. The smallest absolute Gasteiger partial charge is 0.222 e. The minimum absolute atomic E-state index is 0.00644. The minimum atomic E-state index is 0.00644. The molecule has 1 aliphatic heterocycles. The lowest BCUT2D eigenvalue weighted by Gasteiger charge is -2.27. The summed E-state index contributed by atoms with van der Waals surface area (Å²) in [6.07, 6.45) is 6.07. The molecule has 5 heteroatoms. The van der Waals surface area contributed by atoms with Crippen LogP contribution in [0, 0.1) is 0 Å². The van der Waals surface area contributed by atoms with Gasteiger partial charge in [0.1, 0.15) is 5.82 Å². The van der Waals surface area contributed by atoms with Gasteiger partial charge in [-0.3, -0.25) is 4.79 Å². The number of hydrogen-bond donors (Lipinski definition) is 1. The number of aromatic nitrogens is 1. The van der Waals surface area contributed by atoms with Crippen LogP contribution in [0.25, 0.3) is 0 Å². The molecule has 1 fully saturated rings. The maximum absolute atomic E-state index is 11.5. The van der Waals surface area contributed by atoms with Crippen LogP contribution in [-0.2, 0) is 16.1 Å². The first-order chi connectivity index (χ1) is 9.79. The van der Waals surface area contributed by atoms with Gasteiger partial charge in [0.05, 0.1) is 6.61 Å². The molecule has 2 heterocycles. The first kappa shape index (κ1) is 14.8. The van der Waals surface area contributed by atoms with E-state index in [0.717, 1.165) is 24.5 Å². The molecule has 0 atom stereocenters. The van der Waals surface area contributed by atoms with E-state index in [2.05, 4.69) is 15.2 Å². The Bertz CT molecular complexity index is 414. The van der Waals surface area contributed by atoms with Gasteiger partial charge in [-0.2, -0.15) is 0 Å². The summed E-state index contributed by atoms with van der Waals surface area (Å²) < 4.78 is 4.87. The zero-order valence-corrected chi connectivity index (χ0v) is 12.1. The van der Waals surface area contributed by atoms with Gasteiger partial charge in [-0.15, -0.1) is 0 Å². The Kier molecular flexibility index (Phi) is 5.80. The molecule has 0 aliphatic carbocycles. The van der Waals surface area contributed by atoms with Gasteiger partial charge in [-0.05, 0) is 30.9 Å². The quantitative estimate of drug-likeness (QED) is 0.860. The third-order valence-corrected chi connectivity index (χ3v) is 3.51. The number of amides is 1. The largest absolute Gasteiger partial charge is 0.384 e. The van der Waals surface area contributed by atoms with Crippen molar-refractivity contribution in [2.75, 3.05) is 31.7 Å². The summed E-state index contributed by atoms with van der Waals surface area (Å²) in [6, 6.07) is 4.08. The zero-order chi connectivity index (χ0) is 14.2. The number of methoxy groups -OCH3 is 1. The van der Waals surface area contributed by atoms with E-state index in [4.69, 9.17) is 4.74 Å². The monoisotopic (exact) mass is 277 g/mol. The van der Waals surface area contributed by atoms with Crippen LogP contribution >= 0.6 is 0 Å². The molecule has 1 N–H and O–H groups in total. The third kappa shape index (κ3) is 4.49. The van der Waals surface area contributed by atoms with Crippen molar-refractivity contribution in [3.05, 3.63) is 23.9 Å². The van der Waals surface area contributed by atoms with Gasteiger partial charge < -0.3 is 15.0 Å². The topological polar surface area (TPSA) is 54.5 Å². The summed E-state index contributed by atoms with van der Waals surface area (Å²) in [4.78, 5) is 18.3. The predicted octanol–water partition coefficient (Wildman–Crippen LogP) is 1.72. The standard InChI is InChI=1S/C15H23N3O2/c1-20-10-7-15(19)17-12-13-5-6-14(16-11-13)18-8-3-2-4-9-18/h5-6,11H,2-4,7-10,12H2,1H3,(H,17,19). The van der Waals surface area contributed by atoms with Gasteiger partial charge in [0.15, 0.2) is 0 Å². The van der Waals surface area contributed by atoms with E-state index in [1.54, 1.807) is 7.11 Å². The van der Waals surface area contributed by atoms with Gasteiger partial charge in [0.25, 0.3) is 0 Å². The van der Waals surface area contributed by atoms with Crippen molar-refractivity contribution in [1.29, 1.82) is 0 Å². The lowest BCUT2D eigenvalue weighted by Crippen LogP contribution is -2.30. The first-order valence-electron chi connectivity index (χ1n) is 7.25. The molecule has 1 amide bonds. The van der Waals surface area contributed by atoms with E-state index >= 15 is 0 Å². The lowest BCUT2D eigenvalue weighted by molar-refractivity contribution is -0.122. The van der Waals surface area contributed by atoms with Gasteiger partial charge >= 0.3 is 0 Å². The number of nitrogens with zero attached hydrogens (tertiary/aromatic N) is 2. The Morgan fingerprint density at radius 2 is 2.15 bits per heavy atom. The van der Waals surface area contributed by atoms with E-state index in [1.807, 2.05) is 18.3 Å². The number of anilines is 1. The SMILES string of the molecule is COCCC(=O)NCc1ccc(N2CCCCC2)nc1. The van der Waals surface area contributed by atoms with Crippen LogP contribution in [-0.4, -0.2) is 37.7 Å². The highest BCUT2D eigenvalue weighted by molar-refractivity contribution is 5.75. The molecule has 0 unspecified atom stereocenters. The van der Waals surface area contributed by atoms with E-state index in [9.17, 15) is 4.79 Å². The fourth-order valence-electron chi connectivity index (χ4n) is 2.32. The van der Waals surface area contributed by atoms with Crippen molar-refractivity contribution >= 4 is 11.7 Å². The molecule has 0 spiro atoms. The van der Waals surface area contributed by atoms with Crippen LogP contribution in [0.2, 0.25) is 0 Å². The maximum Gasteiger partial charge on any atom is 0.222 e. The van der Waals surface area contributed by atoms with Crippen LogP contribution in [0.4, 0.5) is 5.82 Å². The van der Waals surface area contributed by atoms with Crippen LogP contribution in [0.5, 0.6) is 0 Å². The Morgan fingerprint density at radius 1 is 1.35 bits per heavy atom. The Labute approximate surface area is 120 Å². The Balaban J connectivity index is 1.80. The van der Waals surface area contributed by atoms with E-state index in [1.165, 1.54) is 19.3 Å². The van der Waals surface area contributed by atoms with E-state index in [-0.39, 0.29) is 5.91 Å². The second-order valence-electron chi connectivity index (χ2n) is 5.09. The summed E-state index contributed by atoms with van der Waals surface area (Å²) in [7, 11) is 1.59. The number of carbonyl (C=O) groups excluding carboxylic acids is 1. The maximum atomic E-state index is 11.5. The summed E-state index contributed by atoms with van der Waals surface area (Å²) >= 11 is 0. The fraction of sp³-hybridized carbons (Fsp3) is 0.600. The molecule has 2 rings (SSSR count). The zero-order valence-electron chi connectivity index (χ0n) is 12.1. The van der Waals surface area contributed by atoms with Crippen molar-refractivity contribution in [1.82, 2.24) is 10.3 Å². The van der Waals surface area contributed by atoms with E-state index in [0.29, 0.717) is 19.6 Å². The summed E-state index contributed by atoms with van der Waals surface area (Å²) in [5.74, 6) is 1.05. The van der Waals surface area contributed by atoms with Crippen molar-refractivity contribution < 1.29 is 9.53 Å². The van der Waals surface area contributed by atoms with Gasteiger partial charge in [0, 0.05) is 39.4 Å². The Hall–Kier alpha value is -1.62.